The molecule has 0 aliphatic heterocycles. The van der Waals surface area contributed by atoms with Gasteiger partial charge in [-0.2, -0.15) is 0 Å². The molecule has 0 unspecified atom stereocenters. The fourth-order valence-electron chi connectivity index (χ4n) is 1.99. The van der Waals surface area contributed by atoms with E-state index < -0.39 is 0 Å². The van der Waals surface area contributed by atoms with E-state index in [4.69, 9.17) is 4.42 Å². The third-order valence-corrected chi connectivity index (χ3v) is 3.07. The maximum atomic E-state index is 11.9. The zero-order chi connectivity index (χ0) is 14.4. The molecule has 0 spiro atoms. The minimum Gasteiger partial charge on any atom is -0.468 e. The first kappa shape index (κ1) is 14.3. The van der Waals surface area contributed by atoms with Crippen molar-refractivity contribution >= 4 is 11.6 Å². The summed E-state index contributed by atoms with van der Waals surface area (Å²) in [6.45, 7) is 3.06. The van der Waals surface area contributed by atoms with Gasteiger partial charge < -0.3 is 9.73 Å². The van der Waals surface area contributed by atoms with Crippen molar-refractivity contribution in [2.75, 3.05) is 18.9 Å². The van der Waals surface area contributed by atoms with Crippen molar-refractivity contribution in [3.05, 3.63) is 54.0 Å². The molecule has 1 heterocycles. The summed E-state index contributed by atoms with van der Waals surface area (Å²) < 4.78 is 5.26. The van der Waals surface area contributed by atoms with Gasteiger partial charge in [0.05, 0.1) is 19.4 Å². The van der Waals surface area contributed by atoms with Gasteiger partial charge in [-0.3, -0.25) is 9.69 Å². The summed E-state index contributed by atoms with van der Waals surface area (Å²) in [6, 6.07) is 11.7. The molecule has 2 aromatic rings. The van der Waals surface area contributed by atoms with E-state index in [2.05, 4.69) is 12.2 Å². The lowest BCUT2D eigenvalue weighted by Crippen LogP contribution is -2.29. The van der Waals surface area contributed by atoms with Crippen LogP contribution in [-0.4, -0.2) is 24.4 Å². The van der Waals surface area contributed by atoms with Crippen molar-refractivity contribution in [2.45, 2.75) is 19.9 Å². The Hall–Kier alpha value is -2.07. The number of amides is 1. The van der Waals surface area contributed by atoms with Crippen LogP contribution in [0.3, 0.4) is 0 Å². The number of rotatable bonds is 6. The van der Waals surface area contributed by atoms with E-state index in [9.17, 15) is 4.79 Å². The highest BCUT2D eigenvalue weighted by molar-refractivity contribution is 5.92. The highest BCUT2D eigenvalue weighted by Gasteiger charge is 2.08. The van der Waals surface area contributed by atoms with Crippen LogP contribution in [0, 0.1) is 0 Å². The average molecular weight is 272 g/mol. The van der Waals surface area contributed by atoms with E-state index in [0.717, 1.165) is 17.9 Å². The molecule has 2 rings (SSSR count). The fraction of sp³-hybridized carbons (Fsp3) is 0.312. The predicted octanol–water partition coefficient (Wildman–Crippen LogP) is 2.91. The molecule has 4 heteroatoms. The Kier molecular flexibility index (Phi) is 4.96. The molecule has 1 aromatic carbocycles. The Morgan fingerprint density at radius 2 is 2.00 bits per heavy atom. The second-order valence-electron chi connectivity index (χ2n) is 4.85. The lowest BCUT2D eigenvalue weighted by atomic mass is 10.1. The van der Waals surface area contributed by atoms with Crippen LogP contribution in [-0.2, 0) is 17.8 Å². The Morgan fingerprint density at radius 1 is 1.25 bits per heavy atom. The summed E-state index contributed by atoms with van der Waals surface area (Å²) in [7, 11) is 1.89. The van der Waals surface area contributed by atoms with Gasteiger partial charge in [0.15, 0.2) is 0 Å². The van der Waals surface area contributed by atoms with E-state index in [-0.39, 0.29) is 5.91 Å². The lowest BCUT2D eigenvalue weighted by Gasteiger charge is -2.14. The summed E-state index contributed by atoms with van der Waals surface area (Å²) in [4.78, 5) is 13.8. The summed E-state index contributed by atoms with van der Waals surface area (Å²) in [5.41, 5.74) is 2.09. The zero-order valence-corrected chi connectivity index (χ0v) is 11.9. The maximum absolute atomic E-state index is 11.9. The van der Waals surface area contributed by atoms with Gasteiger partial charge in [0.1, 0.15) is 5.76 Å². The molecule has 20 heavy (non-hydrogen) atoms. The van der Waals surface area contributed by atoms with Crippen molar-refractivity contribution in [1.82, 2.24) is 4.90 Å². The minimum absolute atomic E-state index is 0.0247. The van der Waals surface area contributed by atoms with Crippen molar-refractivity contribution in [3.8, 4) is 0 Å². The molecule has 0 fully saturated rings. The van der Waals surface area contributed by atoms with Crippen LogP contribution < -0.4 is 5.32 Å². The van der Waals surface area contributed by atoms with Gasteiger partial charge in [0.25, 0.3) is 0 Å². The van der Waals surface area contributed by atoms with Crippen molar-refractivity contribution in [1.29, 1.82) is 0 Å². The normalized spacial score (nSPS) is 10.8. The largest absolute Gasteiger partial charge is 0.468 e. The summed E-state index contributed by atoms with van der Waals surface area (Å²) in [5.74, 6) is 0.830. The highest BCUT2D eigenvalue weighted by Crippen LogP contribution is 2.10. The topological polar surface area (TPSA) is 45.5 Å². The minimum atomic E-state index is -0.0247. The number of nitrogens with zero attached hydrogens (tertiary/aromatic N) is 1. The lowest BCUT2D eigenvalue weighted by molar-refractivity contribution is -0.117. The van der Waals surface area contributed by atoms with Gasteiger partial charge in [0, 0.05) is 5.69 Å². The van der Waals surface area contributed by atoms with Gasteiger partial charge in [-0.25, -0.2) is 0 Å². The number of hydrogen-bond acceptors (Lipinski definition) is 3. The number of likely N-dealkylation sites (N-methyl/N-ethyl adjacent to an activating group) is 1. The molecule has 0 saturated heterocycles. The second kappa shape index (κ2) is 6.91. The Morgan fingerprint density at radius 3 is 2.60 bits per heavy atom. The number of carbonyl (C=O) groups is 1. The number of carbonyl (C=O) groups excluding carboxylic acids is 1. The molecule has 0 saturated carbocycles. The second-order valence-corrected chi connectivity index (χ2v) is 4.85. The molecule has 106 valence electrons. The molecule has 0 aliphatic rings. The number of aryl methyl sites for hydroxylation is 1. The molecular formula is C16H20N2O2. The molecule has 1 N–H and O–H groups in total. The standard InChI is InChI=1S/C16H20N2O2/c1-3-13-6-8-14(9-7-13)17-16(19)12-18(2)11-15-5-4-10-20-15/h4-10H,3,11-12H2,1-2H3,(H,17,19). The molecule has 1 amide bonds. The zero-order valence-electron chi connectivity index (χ0n) is 11.9. The van der Waals surface area contributed by atoms with Gasteiger partial charge in [-0.1, -0.05) is 19.1 Å². The van der Waals surface area contributed by atoms with Gasteiger partial charge in [-0.15, -0.1) is 0 Å². The van der Waals surface area contributed by atoms with E-state index in [1.165, 1.54) is 5.56 Å². The first-order valence-corrected chi connectivity index (χ1v) is 6.77. The monoisotopic (exact) mass is 272 g/mol. The Balaban J connectivity index is 1.82. The number of anilines is 1. The maximum Gasteiger partial charge on any atom is 0.238 e. The molecule has 1 aromatic heterocycles. The number of hydrogen-bond donors (Lipinski definition) is 1. The van der Waals surface area contributed by atoms with E-state index in [1.54, 1.807) is 6.26 Å². The van der Waals surface area contributed by atoms with Gasteiger partial charge in [-0.05, 0) is 43.3 Å². The van der Waals surface area contributed by atoms with E-state index in [0.29, 0.717) is 13.1 Å². The summed E-state index contributed by atoms with van der Waals surface area (Å²) in [6.07, 6.45) is 2.64. The third-order valence-electron chi connectivity index (χ3n) is 3.07. The predicted molar refractivity (Wildman–Crippen MR) is 79.5 cm³/mol. The number of benzene rings is 1. The van der Waals surface area contributed by atoms with Crippen molar-refractivity contribution in [3.63, 3.8) is 0 Å². The third kappa shape index (κ3) is 4.24. The smallest absolute Gasteiger partial charge is 0.238 e. The molecule has 0 aliphatic carbocycles. The van der Waals surface area contributed by atoms with Crippen LogP contribution in [0.4, 0.5) is 5.69 Å². The van der Waals surface area contributed by atoms with Crippen LogP contribution in [0.15, 0.2) is 47.1 Å². The summed E-state index contributed by atoms with van der Waals surface area (Å²) in [5, 5.41) is 2.89. The average Bonchev–Trinajstić information content (AvgIpc) is 2.92. The van der Waals surface area contributed by atoms with Gasteiger partial charge in [0.2, 0.25) is 5.91 Å². The SMILES string of the molecule is CCc1ccc(NC(=O)CN(C)Cc2ccco2)cc1. The van der Waals surface area contributed by atoms with Crippen LogP contribution in [0.25, 0.3) is 0 Å². The van der Waals surface area contributed by atoms with Gasteiger partial charge >= 0.3 is 0 Å². The highest BCUT2D eigenvalue weighted by atomic mass is 16.3. The van der Waals surface area contributed by atoms with Crippen LogP contribution in [0.5, 0.6) is 0 Å². The number of furan rings is 1. The van der Waals surface area contributed by atoms with Crippen LogP contribution >= 0.6 is 0 Å². The molecule has 0 radical (unpaired) electrons. The van der Waals surface area contributed by atoms with Crippen LogP contribution in [0.2, 0.25) is 0 Å². The van der Waals surface area contributed by atoms with Crippen molar-refractivity contribution in [2.24, 2.45) is 0 Å². The van der Waals surface area contributed by atoms with E-state index >= 15 is 0 Å². The quantitative estimate of drug-likeness (QED) is 0.879. The first-order valence-electron chi connectivity index (χ1n) is 6.77. The van der Waals surface area contributed by atoms with E-state index in [1.807, 2.05) is 48.3 Å². The number of nitrogens with one attached hydrogen (secondary N) is 1. The fourth-order valence-corrected chi connectivity index (χ4v) is 1.99. The first-order chi connectivity index (χ1) is 9.67. The summed E-state index contributed by atoms with van der Waals surface area (Å²) >= 11 is 0. The molecule has 0 bridgehead atoms. The molecule has 4 nitrogen and oxygen atoms in total. The van der Waals surface area contributed by atoms with Crippen LogP contribution in [0.1, 0.15) is 18.2 Å². The Bertz CT molecular complexity index is 532. The van der Waals surface area contributed by atoms with Crippen molar-refractivity contribution < 1.29 is 9.21 Å². The molecule has 0 atom stereocenters. The molecular weight excluding hydrogens is 252 g/mol. The Labute approximate surface area is 119 Å².